The fraction of sp³-hybridized carbons (Fsp3) is 0.375. The number of nitrogens with two attached hydrogens (primary N) is 1. The highest BCUT2D eigenvalue weighted by Crippen LogP contribution is 2.34. The zero-order valence-corrected chi connectivity index (χ0v) is 13.6. The molecule has 0 unspecified atom stereocenters. The highest BCUT2D eigenvalue weighted by molar-refractivity contribution is 6.29. The number of rotatable bonds is 5. The lowest BCUT2D eigenvalue weighted by molar-refractivity contribution is 0.201. The Hall–Kier alpha value is -2.21. The predicted molar refractivity (Wildman–Crippen MR) is 90.6 cm³/mol. The number of anilines is 3. The van der Waals surface area contributed by atoms with Gasteiger partial charge in [-0.15, -0.1) is 0 Å². The highest BCUT2D eigenvalue weighted by Gasteiger charge is 2.18. The first-order valence-corrected chi connectivity index (χ1v) is 7.93. The van der Waals surface area contributed by atoms with Crippen LogP contribution in [-0.2, 0) is 0 Å². The number of hydrogen-bond donors (Lipinski definition) is 2. The Kier molecular flexibility index (Phi) is 4.71. The largest absolute Gasteiger partial charge is 0.493 e. The van der Waals surface area contributed by atoms with Gasteiger partial charge in [-0.05, 0) is 37.8 Å². The summed E-state index contributed by atoms with van der Waals surface area (Å²) in [6.45, 7) is 0. The topological polar surface area (TPSA) is 82.3 Å². The maximum atomic E-state index is 6.07. The van der Waals surface area contributed by atoms with E-state index in [1.807, 2.05) is 18.2 Å². The van der Waals surface area contributed by atoms with Crippen LogP contribution in [-0.4, -0.2) is 23.2 Å². The van der Waals surface area contributed by atoms with Crippen molar-refractivity contribution in [3.8, 4) is 11.5 Å². The molecule has 0 spiro atoms. The minimum Gasteiger partial charge on any atom is -0.493 e. The third-order valence-corrected chi connectivity index (χ3v) is 3.94. The van der Waals surface area contributed by atoms with Crippen LogP contribution in [0.25, 0.3) is 0 Å². The third-order valence-electron chi connectivity index (χ3n) is 3.74. The Morgan fingerprint density at radius 3 is 2.65 bits per heavy atom. The molecule has 1 aliphatic rings. The average molecular weight is 335 g/mol. The van der Waals surface area contributed by atoms with E-state index < -0.39 is 0 Å². The van der Waals surface area contributed by atoms with Crippen molar-refractivity contribution in [2.75, 3.05) is 18.2 Å². The van der Waals surface area contributed by atoms with E-state index in [2.05, 4.69) is 15.3 Å². The lowest BCUT2D eigenvalue weighted by Crippen LogP contribution is -2.11. The molecular formula is C16H19ClN4O2. The second-order valence-electron chi connectivity index (χ2n) is 5.45. The fourth-order valence-corrected chi connectivity index (χ4v) is 2.87. The van der Waals surface area contributed by atoms with Gasteiger partial charge < -0.3 is 20.5 Å². The number of methoxy groups -OCH3 is 1. The van der Waals surface area contributed by atoms with E-state index in [-0.39, 0.29) is 17.2 Å². The third kappa shape index (κ3) is 3.96. The molecule has 0 radical (unpaired) electrons. The number of nitrogen functional groups attached to an aromatic ring is 1. The lowest BCUT2D eigenvalue weighted by atomic mass is 10.2. The zero-order valence-electron chi connectivity index (χ0n) is 12.9. The molecule has 1 heterocycles. The molecule has 122 valence electrons. The Balaban J connectivity index is 1.81. The molecule has 23 heavy (non-hydrogen) atoms. The standard InChI is InChI=1S/C16H19ClN4O2/c1-22-12-7-6-10(8-13(12)23-11-4-2-3-5-11)19-15-9-14(17)20-16(18)21-15/h6-9,11H,2-5H2,1H3,(H3,18,19,20,21). The van der Waals surface area contributed by atoms with Gasteiger partial charge in [0.2, 0.25) is 5.95 Å². The molecule has 1 aromatic heterocycles. The summed E-state index contributed by atoms with van der Waals surface area (Å²) in [6.07, 6.45) is 4.84. The number of benzene rings is 1. The molecule has 0 amide bonds. The van der Waals surface area contributed by atoms with Crippen molar-refractivity contribution in [1.29, 1.82) is 0 Å². The van der Waals surface area contributed by atoms with Crippen LogP contribution in [0.3, 0.4) is 0 Å². The summed E-state index contributed by atoms with van der Waals surface area (Å²) in [6, 6.07) is 7.24. The molecule has 3 rings (SSSR count). The molecule has 0 atom stereocenters. The van der Waals surface area contributed by atoms with E-state index in [1.165, 1.54) is 12.8 Å². The summed E-state index contributed by atoms with van der Waals surface area (Å²) in [5.41, 5.74) is 6.42. The molecule has 7 heteroatoms. The van der Waals surface area contributed by atoms with Crippen LogP contribution in [0.5, 0.6) is 11.5 Å². The van der Waals surface area contributed by atoms with Gasteiger partial charge in [0.25, 0.3) is 0 Å². The van der Waals surface area contributed by atoms with E-state index in [9.17, 15) is 0 Å². The molecule has 1 aliphatic carbocycles. The van der Waals surface area contributed by atoms with Gasteiger partial charge in [0, 0.05) is 17.8 Å². The molecule has 6 nitrogen and oxygen atoms in total. The minimum atomic E-state index is 0.121. The van der Waals surface area contributed by atoms with Crippen molar-refractivity contribution in [2.24, 2.45) is 0 Å². The maximum absolute atomic E-state index is 6.07. The first kappa shape index (κ1) is 15.7. The van der Waals surface area contributed by atoms with E-state index >= 15 is 0 Å². The molecular weight excluding hydrogens is 316 g/mol. The van der Waals surface area contributed by atoms with Crippen molar-refractivity contribution in [2.45, 2.75) is 31.8 Å². The number of aromatic nitrogens is 2. The lowest BCUT2D eigenvalue weighted by Gasteiger charge is -2.17. The van der Waals surface area contributed by atoms with E-state index in [1.54, 1.807) is 13.2 Å². The molecule has 1 saturated carbocycles. The number of halogens is 1. The quantitative estimate of drug-likeness (QED) is 0.810. The van der Waals surface area contributed by atoms with Gasteiger partial charge in [-0.2, -0.15) is 4.98 Å². The number of nitrogens with zero attached hydrogens (tertiary/aromatic N) is 2. The SMILES string of the molecule is COc1ccc(Nc2cc(Cl)nc(N)n2)cc1OC1CCCC1. The number of nitrogens with one attached hydrogen (secondary N) is 1. The van der Waals surface area contributed by atoms with Crippen molar-refractivity contribution >= 4 is 29.1 Å². The smallest absolute Gasteiger partial charge is 0.223 e. The summed E-state index contributed by atoms with van der Waals surface area (Å²) in [7, 11) is 1.63. The van der Waals surface area contributed by atoms with Gasteiger partial charge in [-0.3, -0.25) is 0 Å². The second-order valence-corrected chi connectivity index (χ2v) is 5.84. The summed E-state index contributed by atoms with van der Waals surface area (Å²) in [5.74, 6) is 2.08. The average Bonchev–Trinajstić information content (AvgIpc) is 2.99. The second kappa shape index (κ2) is 6.91. The molecule has 0 aliphatic heterocycles. The van der Waals surface area contributed by atoms with Crippen molar-refractivity contribution < 1.29 is 9.47 Å². The summed E-state index contributed by atoms with van der Waals surface area (Å²) in [5, 5.41) is 3.44. The number of ether oxygens (including phenoxy) is 2. The molecule has 1 aromatic carbocycles. The number of hydrogen-bond acceptors (Lipinski definition) is 6. The normalized spacial score (nSPS) is 14.7. The fourth-order valence-electron chi connectivity index (χ4n) is 2.68. The summed E-state index contributed by atoms with van der Waals surface area (Å²) < 4.78 is 11.5. The predicted octanol–water partition coefficient (Wildman–Crippen LogP) is 3.79. The molecule has 1 fully saturated rings. The van der Waals surface area contributed by atoms with Crippen molar-refractivity contribution in [3.63, 3.8) is 0 Å². The van der Waals surface area contributed by atoms with Crippen LogP contribution in [0, 0.1) is 0 Å². The Labute approximate surface area is 140 Å². The minimum absolute atomic E-state index is 0.121. The first-order valence-electron chi connectivity index (χ1n) is 7.56. The van der Waals surface area contributed by atoms with Crippen molar-refractivity contribution in [3.05, 3.63) is 29.4 Å². The van der Waals surface area contributed by atoms with Crippen LogP contribution in [0.4, 0.5) is 17.5 Å². The zero-order chi connectivity index (χ0) is 16.2. The van der Waals surface area contributed by atoms with Gasteiger partial charge in [0.05, 0.1) is 13.2 Å². The van der Waals surface area contributed by atoms with Gasteiger partial charge in [0.1, 0.15) is 11.0 Å². The van der Waals surface area contributed by atoms with E-state index in [4.69, 9.17) is 26.8 Å². The van der Waals surface area contributed by atoms with Gasteiger partial charge in [-0.1, -0.05) is 11.6 Å². The van der Waals surface area contributed by atoms with Crippen LogP contribution in [0.1, 0.15) is 25.7 Å². The highest BCUT2D eigenvalue weighted by atomic mass is 35.5. The molecule has 3 N–H and O–H groups in total. The maximum Gasteiger partial charge on any atom is 0.223 e. The Morgan fingerprint density at radius 1 is 1.17 bits per heavy atom. The van der Waals surface area contributed by atoms with Gasteiger partial charge in [-0.25, -0.2) is 4.98 Å². The Morgan fingerprint density at radius 2 is 1.96 bits per heavy atom. The molecule has 0 saturated heterocycles. The monoisotopic (exact) mass is 334 g/mol. The van der Waals surface area contributed by atoms with Crippen molar-refractivity contribution in [1.82, 2.24) is 9.97 Å². The Bertz CT molecular complexity index is 670. The van der Waals surface area contributed by atoms with Gasteiger partial charge >= 0.3 is 0 Å². The van der Waals surface area contributed by atoms with E-state index in [0.717, 1.165) is 24.3 Å². The van der Waals surface area contributed by atoms with E-state index in [0.29, 0.717) is 11.6 Å². The van der Waals surface area contributed by atoms with Gasteiger partial charge in [0.15, 0.2) is 11.5 Å². The molecule has 2 aromatic rings. The summed E-state index contributed by atoms with van der Waals surface area (Å²) >= 11 is 5.89. The summed E-state index contributed by atoms with van der Waals surface area (Å²) in [4.78, 5) is 7.94. The van der Waals surface area contributed by atoms with Crippen LogP contribution in [0.2, 0.25) is 5.15 Å². The van der Waals surface area contributed by atoms with Crippen LogP contribution in [0.15, 0.2) is 24.3 Å². The van der Waals surface area contributed by atoms with Crippen LogP contribution < -0.4 is 20.5 Å². The van der Waals surface area contributed by atoms with Crippen LogP contribution >= 0.6 is 11.6 Å². The molecule has 0 bridgehead atoms. The first-order chi connectivity index (χ1) is 11.1.